The van der Waals surface area contributed by atoms with E-state index in [0.717, 1.165) is 12.6 Å². The fraction of sp³-hybridized carbons (Fsp3) is 0.667. The zero-order valence-electron chi connectivity index (χ0n) is 13.5. The molecule has 3 unspecified atom stereocenters. The lowest BCUT2D eigenvalue weighted by molar-refractivity contribution is 0.0254. The summed E-state index contributed by atoms with van der Waals surface area (Å²) < 4.78 is 0. The maximum absolute atomic E-state index is 6.53. The lowest BCUT2D eigenvalue weighted by atomic mass is 9.95. The molecule has 2 heterocycles. The van der Waals surface area contributed by atoms with Gasteiger partial charge in [0.2, 0.25) is 0 Å². The number of rotatable bonds is 3. The second-order valence-electron chi connectivity index (χ2n) is 6.86. The predicted molar refractivity (Wildman–Crippen MR) is 88.4 cm³/mol. The van der Waals surface area contributed by atoms with Crippen LogP contribution in [0.2, 0.25) is 0 Å². The van der Waals surface area contributed by atoms with Crippen molar-refractivity contribution in [2.24, 2.45) is 5.73 Å². The standard InChI is InChI=1S/C18H29N3/c1-14-6-8-16(9-7-14)18(19)15(2)21-12-11-20-10-4-3-5-17(20)13-21/h6-9,15,17-18H,3-5,10-13,19H2,1-2H3. The smallest absolute Gasteiger partial charge is 0.0450 e. The Kier molecular flexibility index (Phi) is 4.63. The fourth-order valence-corrected chi connectivity index (χ4v) is 3.84. The first-order valence-electron chi connectivity index (χ1n) is 8.45. The maximum atomic E-state index is 6.53. The molecule has 3 rings (SSSR count). The van der Waals surface area contributed by atoms with E-state index in [2.05, 4.69) is 47.9 Å². The molecule has 2 aliphatic heterocycles. The lowest BCUT2D eigenvalue weighted by Gasteiger charge is -2.47. The summed E-state index contributed by atoms with van der Waals surface area (Å²) in [6.45, 7) is 9.30. The number of hydrogen-bond acceptors (Lipinski definition) is 3. The van der Waals surface area contributed by atoms with E-state index in [4.69, 9.17) is 5.73 Å². The maximum Gasteiger partial charge on any atom is 0.0450 e. The van der Waals surface area contributed by atoms with E-state index in [-0.39, 0.29) is 6.04 Å². The number of benzene rings is 1. The van der Waals surface area contributed by atoms with Crippen molar-refractivity contribution in [3.63, 3.8) is 0 Å². The van der Waals surface area contributed by atoms with Gasteiger partial charge in [-0.2, -0.15) is 0 Å². The number of nitrogens with two attached hydrogens (primary N) is 1. The van der Waals surface area contributed by atoms with Crippen LogP contribution in [0, 0.1) is 6.92 Å². The summed E-state index contributed by atoms with van der Waals surface area (Å²) in [5.74, 6) is 0. The number of hydrogen-bond donors (Lipinski definition) is 1. The lowest BCUT2D eigenvalue weighted by Crippen LogP contribution is -2.58. The number of piperazine rings is 1. The van der Waals surface area contributed by atoms with Crippen LogP contribution in [0.1, 0.15) is 43.4 Å². The molecule has 0 radical (unpaired) electrons. The van der Waals surface area contributed by atoms with Gasteiger partial charge in [0.25, 0.3) is 0 Å². The summed E-state index contributed by atoms with van der Waals surface area (Å²) >= 11 is 0. The monoisotopic (exact) mass is 287 g/mol. The summed E-state index contributed by atoms with van der Waals surface area (Å²) in [5, 5.41) is 0. The molecule has 2 fully saturated rings. The van der Waals surface area contributed by atoms with Gasteiger partial charge in [0.05, 0.1) is 0 Å². The summed E-state index contributed by atoms with van der Waals surface area (Å²) in [4.78, 5) is 5.29. The van der Waals surface area contributed by atoms with Crippen LogP contribution < -0.4 is 5.73 Å². The van der Waals surface area contributed by atoms with Gasteiger partial charge in [-0.1, -0.05) is 36.2 Å². The average Bonchev–Trinajstić information content (AvgIpc) is 2.54. The minimum Gasteiger partial charge on any atom is -0.323 e. The first-order valence-corrected chi connectivity index (χ1v) is 8.45. The van der Waals surface area contributed by atoms with Crippen molar-refractivity contribution in [2.75, 3.05) is 26.2 Å². The van der Waals surface area contributed by atoms with Gasteiger partial charge in [-0.3, -0.25) is 9.80 Å². The number of fused-ring (bicyclic) bond motifs is 1. The molecule has 1 aromatic rings. The van der Waals surface area contributed by atoms with Crippen LogP contribution in [0.15, 0.2) is 24.3 Å². The summed E-state index contributed by atoms with van der Waals surface area (Å²) in [7, 11) is 0. The zero-order valence-corrected chi connectivity index (χ0v) is 13.5. The molecule has 2 saturated heterocycles. The molecule has 0 bridgehead atoms. The van der Waals surface area contributed by atoms with Crippen molar-refractivity contribution in [1.82, 2.24) is 9.80 Å². The van der Waals surface area contributed by atoms with Gasteiger partial charge in [0.15, 0.2) is 0 Å². The zero-order chi connectivity index (χ0) is 14.8. The number of piperidine rings is 1. The van der Waals surface area contributed by atoms with Crippen molar-refractivity contribution < 1.29 is 0 Å². The first kappa shape index (κ1) is 15.0. The summed E-state index contributed by atoms with van der Waals surface area (Å²) in [6, 6.07) is 10.0. The molecule has 2 aliphatic rings. The first-order chi connectivity index (χ1) is 10.1. The Morgan fingerprint density at radius 3 is 2.62 bits per heavy atom. The molecular weight excluding hydrogens is 258 g/mol. The van der Waals surface area contributed by atoms with Crippen LogP contribution in [-0.4, -0.2) is 48.1 Å². The molecule has 0 aliphatic carbocycles. The highest BCUT2D eigenvalue weighted by atomic mass is 15.3. The van der Waals surface area contributed by atoms with E-state index in [9.17, 15) is 0 Å². The third kappa shape index (κ3) is 3.31. The molecule has 3 nitrogen and oxygen atoms in total. The minimum atomic E-state index is 0.112. The van der Waals surface area contributed by atoms with E-state index in [1.165, 1.54) is 50.0 Å². The van der Waals surface area contributed by atoms with Crippen molar-refractivity contribution in [3.05, 3.63) is 35.4 Å². The molecule has 116 valence electrons. The molecule has 3 heteroatoms. The molecule has 21 heavy (non-hydrogen) atoms. The van der Waals surface area contributed by atoms with E-state index in [1.54, 1.807) is 0 Å². The van der Waals surface area contributed by atoms with Crippen molar-refractivity contribution >= 4 is 0 Å². The Morgan fingerprint density at radius 2 is 1.86 bits per heavy atom. The second-order valence-corrected chi connectivity index (χ2v) is 6.86. The highest BCUT2D eigenvalue weighted by molar-refractivity contribution is 5.25. The third-order valence-corrected chi connectivity index (χ3v) is 5.43. The van der Waals surface area contributed by atoms with Gasteiger partial charge >= 0.3 is 0 Å². The van der Waals surface area contributed by atoms with E-state index in [1.807, 2.05) is 0 Å². The largest absolute Gasteiger partial charge is 0.323 e. The third-order valence-electron chi connectivity index (χ3n) is 5.43. The quantitative estimate of drug-likeness (QED) is 0.927. The molecule has 0 saturated carbocycles. The molecule has 2 N–H and O–H groups in total. The van der Waals surface area contributed by atoms with Crippen molar-refractivity contribution in [1.29, 1.82) is 0 Å². The van der Waals surface area contributed by atoms with Crippen molar-refractivity contribution in [2.45, 2.75) is 51.2 Å². The SMILES string of the molecule is Cc1ccc(C(N)C(C)N2CCN3CCCCC3C2)cc1. The highest BCUT2D eigenvalue weighted by Gasteiger charge is 2.32. The molecule has 1 aromatic carbocycles. The van der Waals surface area contributed by atoms with Crippen LogP contribution in [0.25, 0.3) is 0 Å². The molecular formula is C18H29N3. The van der Waals surface area contributed by atoms with E-state index < -0.39 is 0 Å². The Bertz CT molecular complexity index is 456. The molecule has 0 amide bonds. The Balaban J connectivity index is 1.64. The van der Waals surface area contributed by atoms with E-state index >= 15 is 0 Å². The van der Waals surface area contributed by atoms with Gasteiger partial charge in [0.1, 0.15) is 0 Å². The Labute approximate surface area is 129 Å². The normalized spacial score (nSPS) is 27.1. The van der Waals surface area contributed by atoms with Crippen LogP contribution in [0.4, 0.5) is 0 Å². The van der Waals surface area contributed by atoms with Gasteiger partial charge in [-0.15, -0.1) is 0 Å². The number of aryl methyl sites for hydroxylation is 1. The van der Waals surface area contributed by atoms with Crippen molar-refractivity contribution in [3.8, 4) is 0 Å². The van der Waals surface area contributed by atoms with Gasteiger partial charge in [-0.05, 0) is 38.8 Å². The molecule has 3 atom stereocenters. The Morgan fingerprint density at radius 1 is 1.10 bits per heavy atom. The van der Waals surface area contributed by atoms with Crippen LogP contribution in [-0.2, 0) is 0 Å². The van der Waals surface area contributed by atoms with Gasteiger partial charge < -0.3 is 5.73 Å². The fourth-order valence-electron chi connectivity index (χ4n) is 3.84. The minimum absolute atomic E-state index is 0.112. The van der Waals surface area contributed by atoms with E-state index in [0.29, 0.717) is 6.04 Å². The Hall–Kier alpha value is -0.900. The highest BCUT2D eigenvalue weighted by Crippen LogP contribution is 2.25. The average molecular weight is 287 g/mol. The molecule has 0 spiro atoms. The second kappa shape index (κ2) is 6.47. The van der Waals surface area contributed by atoms with Crippen LogP contribution in [0.3, 0.4) is 0 Å². The summed E-state index contributed by atoms with van der Waals surface area (Å²) in [5.41, 5.74) is 9.10. The molecule has 0 aromatic heterocycles. The van der Waals surface area contributed by atoms with Gasteiger partial charge in [-0.25, -0.2) is 0 Å². The predicted octanol–water partition coefficient (Wildman–Crippen LogP) is 2.55. The topological polar surface area (TPSA) is 32.5 Å². The number of nitrogens with zero attached hydrogens (tertiary/aromatic N) is 2. The van der Waals surface area contributed by atoms with Crippen LogP contribution >= 0.6 is 0 Å². The van der Waals surface area contributed by atoms with Gasteiger partial charge in [0, 0.05) is 37.8 Å². The summed E-state index contributed by atoms with van der Waals surface area (Å²) in [6.07, 6.45) is 4.14. The van der Waals surface area contributed by atoms with Crippen LogP contribution in [0.5, 0.6) is 0 Å².